The van der Waals surface area contributed by atoms with Gasteiger partial charge in [0.05, 0.1) is 0 Å². The molecule has 0 spiro atoms. The van der Waals surface area contributed by atoms with Gasteiger partial charge >= 0.3 is 0 Å². The Morgan fingerprint density at radius 1 is 0.909 bits per heavy atom. The summed E-state index contributed by atoms with van der Waals surface area (Å²) in [5, 5.41) is 10.2. The van der Waals surface area contributed by atoms with Crippen molar-refractivity contribution in [1.82, 2.24) is 25.8 Å². The Morgan fingerprint density at radius 3 is 2.33 bits per heavy atom. The molecule has 4 aliphatic rings. The number of piperazine rings is 1. The van der Waals surface area contributed by atoms with Crippen molar-refractivity contribution in [2.45, 2.75) is 82.2 Å². The van der Waals surface area contributed by atoms with Crippen molar-refractivity contribution in [3.05, 3.63) is 35.9 Å². The van der Waals surface area contributed by atoms with Gasteiger partial charge in [0.25, 0.3) is 5.91 Å². The van der Waals surface area contributed by atoms with Crippen molar-refractivity contribution in [1.29, 1.82) is 0 Å². The first-order chi connectivity index (χ1) is 16.2. The van der Waals surface area contributed by atoms with E-state index in [0.717, 1.165) is 71.2 Å². The normalized spacial score (nSPS) is 30.4. The number of amides is 2. The third-order valence-electron chi connectivity index (χ3n) is 8.16. The Hall–Kier alpha value is -1.96. The van der Waals surface area contributed by atoms with E-state index in [-0.39, 0.29) is 29.9 Å². The molecule has 0 aromatic heterocycles. The van der Waals surface area contributed by atoms with Crippen LogP contribution in [0.25, 0.3) is 0 Å². The molecule has 1 aromatic rings. The molecule has 7 heteroatoms. The second-order valence-corrected chi connectivity index (χ2v) is 10.4. The van der Waals surface area contributed by atoms with E-state index in [2.05, 4.69) is 56.1 Å². The summed E-state index contributed by atoms with van der Waals surface area (Å²) in [7, 11) is 0. The van der Waals surface area contributed by atoms with Crippen LogP contribution in [0.15, 0.2) is 30.3 Å². The van der Waals surface area contributed by atoms with Crippen molar-refractivity contribution in [2.24, 2.45) is 5.92 Å². The lowest BCUT2D eigenvalue weighted by molar-refractivity contribution is -0.134. The summed E-state index contributed by atoms with van der Waals surface area (Å²) in [6.07, 6.45) is 8.15. The second-order valence-electron chi connectivity index (χ2n) is 10.4. The number of rotatable bonds is 5. The molecule has 0 bridgehead atoms. The van der Waals surface area contributed by atoms with Gasteiger partial charge in [-0.3, -0.25) is 24.7 Å². The van der Waals surface area contributed by atoms with Gasteiger partial charge < -0.3 is 10.6 Å². The van der Waals surface area contributed by atoms with E-state index in [1.54, 1.807) is 0 Å². The smallest absolute Gasteiger partial charge is 0.252 e. The molecule has 3 unspecified atom stereocenters. The molecule has 1 saturated carbocycles. The molecule has 3 N–H and O–H groups in total. The first-order valence-corrected chi connectivity index (χ1v) is 13.0. The Bertz CT molecular complexity index is 802. The number of hydrogen-bond acceptors (Lipinski definition) is 5. The Balaban J connectivity index is 1.04. The molecule has 3 heterocycles. The lowest BCUT2D eigenvalue weighted by Crippen LogP contribution is -2.69. The highest BCUT2D eigenvalue weighted by Crippen LogP contribution is 2.25. The maximum Gasteiger partial charge on any atom is 0.252 e. The van der Waals surface area contributed by atoms with Crippen molar-refractivity contribution in [2.75, 3.05) is 26.2 Å². The minimum absolute atomic E-state index is 0.0673. The molecule has 3 atom stereocenters. The minimum Gasteiger partial charge on any atom is -0.353 e. The van der Waals surface area contributed by atoms with Crippen LogP contribution in [0.1, 0.15) is 56.9 Å². The highest BCUT2D eigenvalue weighted by atomic mass is 16.2. The molecule has 4 fully saturated rings. The lowest BCUT2D eigenvalue weighted by Gasteiger charge is -2.45. The van der Waals surface area contributed by atoms with E-state index in [9.17, 15) is 9.59 Å². The number of carbonyl (C=O) groups excluding carboxylic acids is 2. The molecule has 33 heavy (non-hydrogen) atoms. The van der Waals surface area contributed by atoms with E-state index in [0.29, 0.717) is 12.1 Å². The monoisotopic (exact) mass is 453 g/mol. The molecule has 180 valence electrons. The number of fused-ring (bicyclic) bond motifs is 1. The van der Waals surface area contributed by atoms with Crippen LogP contribution in [0.2, 0.25) is 0 Å². The predicted molar refractivity (Wildman–Crippen MR) is 128 cm³/mol. The maximum atomic E-state index is 12.9. The average Bonchev–Trinajstić information content (AvgIpc) is 2.85. The summed E-state index contributed by atoms with van der Waals surface area (Å²) in [5.74, 6) is 0.394. The van der Waals surface area contributed by atoms with Crippen LogP contribution < -0.4 is 16.0 Å². The van der Waals surface area contributed by atoms with Gasteiger partial charge in [-0.1, -0.05) is 43.2 Å². The van der Waals surface area contributed by atoms with E-state index < -0.39 is 0 Å². The van der Waals surface area contributed by atoms with Crippen LogP contribution in [0.4, 0.5) is 0 Å². The third kappa shape index (κ3) is 5.58. The fraction of sp³-hybridized carbons (Fsp3) is 0.692. The maximum absolute atomic E-state index is 12.9. The number of likely N-dealkylation sites (tertiary alicyclic amines) is 2. The highest BCUT2D eigenvalue weighted by Gasteiger charge is 2.40. The molecular weight excluding hydrogens is 414 g/mol. The van der Waals surface area contributed by atoms with Gasteiger partial charge in [0.2, 0.25) is 5.91 Å². The van der Waals surface area contributed by atoms with Gasteiger partial charge in [0.1, 0.15) is 6.17 Å². The number of piperidine rings is 2. The van der Waals surface area contributed by atoms with Gasteiger partial charge in [0, 0.05) is 56.8 Å². The van der Waals surface area contributed by atoms with Crippen molar-refractivity contribution < 1.29 is 9.59 Å². The van der Waals surface area contributed by atoms with Crippen LogP contribution in [0, 0.1) is 5.92 Å². The largest absolute Gasteiger partial charge is 0.353 e. The van der Waals surface area contributed by atoms with Crippen molar-refractivity contribution in [3.8, 4) is 0 Å². The zero-order valence-corrected chi connectivity index (χ0v) is 19.7. The van der Waals surface area contributed by atoms with Gasteiger partial charge in [-0.05, 0) is 44.1 Å². The van der Waals surface area contributed by atoms with Crippen LogP contribution in [0.5, 0.6) is 0 Å². The van der Waals surface area contributed by atoms with E-state index in [1.165, 1.54) is 18.4 Å². The Morgan fingerprint density at radius 2 is 1.61 bits per heavy atom. The zero-order chi connectivity index (χ0) is 22.6. The Labute approximate surface area is 197 Å². The topological polar surface area (TPSA) is 76.7 Å². The molecule has 7 nitrogen and oxygen atoms in total. The van der Waals surface area contributed by atoms with Gasteiger partial charge in [-0.15, -0.1) is 0 Å². The van der Waals surface area contributed by atoms with Crippen LogP contribution in [0.3, 0.4) is 0 Å². The molecule has 5 rings (SSSR count). The second kappa shape index (κ2) is 10.5. The van der Waals surface area contributed by atoms with Crippen molar-refractivity contribution in [3.63, 3.8) is 0 Å². The minimum atomic E-state index is -0.234. The van der Waals surface area contributed by atoms with Crippen molar-refractivity contribution >= 4 is 11.8 Å². The SMILES string of the molecule is O=C(NC1CCN(Cc2ccccc2)CC1)C1CCN(C2NC3CCCCC3NC2=O)CC1. The van der Waals surface area contributed by atoms with Gasteiger partial charge in [-0.2, -0.15) is 0 Å². The zero-order valence-electron chi connectivity index (χ0n) is 19.7. The first-order valence-electron chi connectivity index (χ1n) is 13.0. The summed E-state index contributed by atoms with van der Waals surface area (Å²) in [6, 6.07) is 11.6. The summed E-state index contributed by atoms with van der Waals surface area (Å²) >= 11 is 0. The fourth-order valence-electron chi connectivity index (χ4n) is 6.13. The number of nitrogens with one attached hydrogen (secondary N) is 3. The van der Waals surface area contributed by atoms with Crippen LogP contribution in [-0.4, -0.2) is 72.1 Å². The lowest BCUT2D eigenvalue weighted by atomic mass is 9.88. The standard InChI is InChI=1S/C26H39N5O2/c32-25(27-21-12-14-30(15-13-21)18-19-6-2-1-3-7-19)20-10-16-31(17-11-20)24-26(33)29-23-9-5-4-8-22(23)28-24/h1-3,6-7,20-24,28H,4-5,8-18H2,(H,27,32)(H,29,33). The molecular formula is C26H39N5O2. The first kappa shape index (κ1) is 22.8. The molecule has 0 radical (unpaired) electrons. The number of benzene rings is 1. The van der Waals surface area contributed by atoms with E-state index in [1.807, 2.05) is 0 Å². The summed E-state index contributed by atoms with van der Waals surface area (Å²) in [6.45, 7) is 4.66. The summed E-state index contributed by atoms with van der Waals surface area (Å²) < 4.78 is 0. The van der Waals surface area contributed by atoms with Gasteiger partial charge in [0.15, 0.2) is 0 Å². The van der Waals surface area contributed by atoms with Crippen LogP contribution >= 0.6 is 0 Å². The molecule has 3 aliphatic heterocycles. The number of nitrogens with zero attached hydrogens (tertiary/aromatic N) is 2. The van der Waals surface area contributed by atoms with E-state index >= 15 is 0 Å². The highest BCUT2D eigenvalue weighted by molar-refractivity contribution is 5.83. The molecule has 3 saturated heterocycles. The third-order valence-corrected chi connectivity index (χ3v) is 8.16. The van der Waals surface area contributed by atoms with E-state index in [4.69, 9.17) is 0 Å². The van der Waals surface area contributed by atoms with Gasteiger partial charge in [-0.25, -0.2) is 0 Å². The molecule has 2 amide bonds. The Kier molecular flexibility index (Phi) is 7.28. The molecule has 1 aromatic carbocycles. The van der Waals surface area contributed by atoms with Crippen LogP contribution in [-0.2, 0) is 16.1 Å². The number of carbonyl (C=O) groups is 2. The number of hydrogen-bond donors (Lipinski definition) is 3. The fourth-order valence-corrected chi connectivity index (χ4v) is 6.13. The molecule has 1 aliphatic carbocycles. The average molecular weight is 454 g/mol. The predicted octanol–water partition coefficient (Wildman–Crippen LogP) is 1.84. The summed E-state index contributed by atoms with van der Waals surface area (Å²) in [5.41, 5.74) is 1.35. The summed E-state index contributed by atoms with van der Waals surface area (Å²) in [4.78, 5) is 30.3. The quantitative estimate of drug-likeness (QED) is 0.634.